The maximum absolute atomic E-state index is 5.21. The van der Waals surface area contributed by atoms with Gasteiger partial charge in [-0.15, -0.1) is 6.42 Å². The number of pyridine rings is 1. The van der Waals surface area contributed by atoms with Gasteiger partial charge in [0.1, 0.15) is 5.69 Å². The predicted molar refractivity (Wildman–Crippen MR) is 41.8 cm³/mol. The van der Waals surface area contributed by atoms with Gasteiger partial charge in [0, 0.05) is 11.6 Å². The van der Waals surface area contributed by atoms with E-state index in [-0.39, 0.29) is 0 Å². The molecule has 0 saturated heterocycles. The number of terminal acetylenes is 1. The van der Waals surface area contributed by atoms with Crippen molar-refractivity contribution in [1.82, 2.24) is 15.2 Å². The molecule has 0 bridgehead atoms. The average Bonchev–Trinajstić information content (AvgIpc) is 2.50. The van der Waals surface area contributed by atoms with E-state index in [0.717, 1.165) is 10.9 Å². The summed E-state index contributed by atoms with van der Waals surface area (Å²) in [5.74, 6) is 2.47. The van der Waals surface area contributed by atoms with Gasteiger partial charge in [-0.1, -0.05) is 0 Å². The van der Waals surface area contributed by atoms with Crippen LogP contribution >= 0.6 is 0 Å². The first-order valence-corrected chi connectivity index (χ1v) is 3.16. The van der Waals surface area contributed by atoms with E-state index < -0.39 is 0 Å². The van der Waals surface area contributed by atoms with Gasteiger partial charge < -0.3 is 0 Å². The van der Waals surface area contributed by atoms with E-state index in [9.17, 15) is 0 Å². The van der Waals surface area contributed by atoms with Crippen molar-refractivity contribution in [1.29, 1.82) is 0 Å². The Morgan fingerprint density at radius 2 is 2.45 bits per heavy atom. The lowest BCUT2D eigenvalue weighted by atomic mass is 10.3. The molecule has 0 aromatic carbocycles. The van der Waals surface area contributed by atoms with Gasteiger partial charge in [0.2, 0.25) is 0 Å². The smallest absolute Gasteiger partial charge is 0.138 e. The third kappa shape index (κ3) is 0.767. The van der Waals surface area contributed by atoms with Gasteiger partial charge in [-0.3, -0.25) is 5.10 Å². The van der Waals surface area contributed by atoms with E-state index >= 15 is 0 Å². The molecule has 0 aliphatic rings. The highest BCUT2D eigenvalue weighted by Gasteiger charge is 1.98. The fourth-order valence-electron chi connectivity index (χ4n) is 0.978. The average molecular weight is 143 g/mol. The van der Waals surface area contributed by atoms with Crippen LogP contribution in [0.4, 0.5) is 0 Å². The molecule has 2 aromatic rings. The zero-order valence-corrected chi connectivity index (χ0v) is 5.70. The van der Waals surface area contributed by atoms with Gasteiger partial charge in [-0.2, -0.15) is 5.10 Å². The van der Waals surface area contributed by atoms with Gasteiger partial charge in [-0.25, -0.2) is 4.98 Å². The molecule has 1 N–H and O–H groups in total. The SMILES string of the molecule is C#Cc1nccc2cn[nH]c12. The van der Waals surface area contributed by atoms with Crippen LogP contribution in [0.3, 0.4) is 0 Å². The molecule has 0 aliphatic carbocycles. The van der Waals surface area contributed by atoms with Crippen LogP contribution in [-0.2, 0) is 0 Å². The van der Waals surface area contributed by atoms with E-state index in [1.54, 1.807) is 12.4 Å². The number of nitrogens with one attached hydrogen (secondary N) is 1. The number of aromatic amines is 1. The zero-order valence-electron chi connectivity index (χ0n) is 5.70. The minimum atomic E-state index is 0.611. The van der Waals surface area contributed by atoms with Crippen molar-refractivity contribution in [2.75, 3.05) is 0 Å². The molecule has 0 unspecified atom stereocenters. The van der Waals surface area contributed by atoms with Crippen LogP contribution in [0, 0.1) is 12.3 Å². The summed E-state index contributed by atoms with van der Waals surface area (Å²) in [4.78, 5) is 3.99. The van der Waals surface area contributed by atoms with Crippen molar-refractivity contribution in [3.63, 3.8) is 0 Å². The molecule has 2 aromatic heterocycles. The van der Waals surface area contributed by atoms with Crippen LogP contribution in [0.1, 0.15) is 5.69 Å². The molecule has 2 rings (SSSR count). The van der Waals surface area contributed by atoms with E-state index in [1.165, 1.54) is 0 Å². The van der Waals surface area contributed by atoms with Gasteiger partial charge >= 0.3 is 0 Å². The van der Waals surface area contributed by atoms with Crippen LogP contribution in [-0.4, -0.2) is 15.2 Å². The molecule has 3 heteroatoms. The summed E-state index contributed by atoms with van der Waals surface area (Å²) in [6, 6.07) is 1.86. The Bertz CT molecular complexity index is 422. The number of fused-ring (bicyclic) bond motifs is 1. The third-order valence-electron chi connectivity index (χ3n) is 1.50. The Morgan fingerprint density at radius 1 is 1.55 bits per heavy atom. The van der Waals surface area contributed by atoms with Crippen molar-refractivity contribution < 1.29 is 0 Å². The van der Waals surface area contributed by atoms with Crippen LogP contribution in [0.25, 0.3) is 10.9 Å². The lowest BCUT2D eigenvalue weighted by molar-refractivity contribution is 1.11. The molecule has 0 spiro atoms. The Morgan fingerprint density at radius 3 is 3.27 bits per heavy atom. The van der Waals surface area contributed by atoms with Crippen molar-refractivity contribution in [2.24, 2.45) is 0 Å². The molecule has 11 heavy (non-hydrogen) atoms. The van der Waals surface area contributed by atoms with Crippen LogP contribution in [0.2, 0.25) is 0 Å². The fourth-order valence-corrected chi connectivity index (χ4v) is 0.978. The van der Waals surface area contributed by atoms with Crippen molar-refractivity contribution in [3.05, 3.63) is 24.2 Å². The second kappa shape index (κ2) is 2.10. The summed E-state index contributed by atoms with van der Waals surface area (Å²) < 4.78 is 0. The summed E-state index contributed by atoms with van der Waals surface area (Å²) in [6.07, 6.45) is 8.61. The Labute approximate surface area is 63.5 Å². The molecule has 0 atom stereocenters. The first-order chi connectivity index (χ1) is 5.42. The van der Waals surface area contributed by atoms with Gasteiger partial charge in [-0.05, 0) is 12.0 Å². The molecule has 0 saturated carbocycles. The van der Waals surface area contributed by atoms with Crippen LogP contribution < -0.4 is 0 Å². The quantitative estimate of drug-likeness (QED) is 0.557. The van der Waals surface area contributed by atoms with Crippen LogP contribution in [0.5, 0.6) is 0 Å². The first-order valence-electron chi connectivity index (χ1n) is 3.16. The van der Waals surface area contributed by atoms with E-state index in [4.69, 9.17) is 6.42 Å². The molecule has 0 fully saturated rings. The lowest BCUT2D eigenvalue weighted by Crippen LogP contribution is -1.82. The lowest BCUT2D eigenvalue weighted by Gasteiger charge is -1.89. The molecular formula is C8H5N3. The van der Waals surface area contributed by atoms with Gasteiger partial charge in [0.05, 0.1) is 11.7 Å². The Kier molecular flexibility index (Phi) is 1.13. The number of hydrogen-bond acceptors (Lipinski definition) is 2. The van der Waals surface area contributed by atoms with E-state index in [0.29, 0.717) is 5.69 Å². The number of H-pyrrole nitrogens is 1. The summed E-state index contributed by atoms with van der Waals surface area (Å²) in [6.45, 7) is 0. The van der Waals surface area contributed by atoms with E-state index in [1.807, 2.05) is 6.07 Å². The summed E-state index contributed by atoms with van der Waals surface area (Å²) in [5, 5.41) is 7.63. The number of rotatable bonds is 0. The maximum Gasteiger partial charge on any atom is 0.138 e. The Hall–Kier alpha value is -1.82. The van der Waals surface area contributed by atoms with E-state index in [2.05, 4.69) is 21.1 Å². The van der Waals surface area contributed by atoms with Crippen molar-refractivity contribution in [2.45, 2.75) is 0 Å². The topological polar surface area (TPSA) is 41.6 Å². The molecule has 3 nitrogen and oxygen atoms in total. The monoisotopic (exact) mass is 143 g/mol. The summed E-state index contributed by atoms with van der Waals surface area (Å²) >= 11 is 0. The molecule has 0 amide bonds. The highest BCUT2D eigenvalue weighted by Crippen LogP contribution is 2.10. The molecule has 0 aliphatic heterocycles. The van der Waals surface area contributed by atoms with Crippen LogP contribution in [0.15, 0.2) is 18.5 Å². The molecule has 2 heterocycles. The standard InChI is InChI=1S/C8H5N3/c1-2-7-8-6(3-4-9-7)5-10-11-8/h1,3-5H,(H,10,11). The second-order valence-corrected chi connectivity index (χ2v) is 2.14. The highest BCUT2D eigenvalue weighted by atomic mass is 15.1. The van der Waals surface area contributed by atoms with Gasteiger partial charge in [0.25, 0.3) is 0 Å². The fraction of sp³-hybridized carbons (Fsp3) is 0. The summed E-state index contributed by atoms with van der Waals surface area (Å²) in [7, 11) is 0. The normalized spacial score (nSPS) is 9.73. The predicted octanol–water partition coefficient (Wildman–Crippen LogP) is 0.939. The van der Waals surface area contributed by atoms with Crippen molar-refractivity contribution in [3.8, 4) is 12.3 Å². The maximum atomic E-state index is 5.21. The first kappa shape index (κ1) is 5.93. The molecular weight excluding hydrogens is 138 g/mol. The second-order valence-electron chi connectivity index (χ2n) is 2.14. The van der Waals surface area contributed by atoms with Gasteiger partial charge in [0.15, 0.2) is 0 Å². The number of hydrogen-bond donors (Lipinski definition) is 1. The van der Waals surface area contributed by atoms with Crippen molar-refractivity contribution >= 4 is 10.9 Å². The number of nitrogens with zero attached hydrogens (tertiary/aromatic N) is 2. The minimum absolute atomic E-state index is 0.611. The summed E-state index contributed by atoms with van der Waals surface area (Å²) in [5.41, 5.74) is 1.44. The minimum Gasteiger partial charge on any atom is -0.275 e. The third-order valence-corrected chi connectivity index (χ3v) is 1.50. The molecule has 0 radical (unpaired) electrons. The molecule has 52 valence electrons. The zero-order chi connectivity index (χ0) is 7.68. The highest BCUT2D eigenvalue weighted by molar-refractivity contribution is 5.81. The largest absolute Gasteiger partial charge is 0.275 e. The Balaban J connectivity index is 2.92. The number of aromatic nitrogens is 3.